The summed E-state index contributed by atoms with van der Waals surface area (Å²) in [5, 5.41) is 15.9. The topological polar surface area (TPSA) is 83.4 Å². The fraction of sp³-hybridized carbons (Fsp3) is 0.412. The van der Waals surface area contributed by atoms with Gasteiger partial charge in [0.25, 0.3) is 0 Å². The van der Waals surface area contributed by atoms with Crippen molar-refractivity contribution < 1.29 is 14.7 Å². The molecular weight excluding hydrogens is 294 g/mol. The van der Waals surface area contributed by atoms with E-state index in [0.717, 1.165) is 16.6 Å². The van der Waals surface area contributed by atoms with Crippen molar-refractivity contribution in [1.82, 2.24) is 9.88 Å². The van der Waals surface area contributed by atoms with E-state index in [1.807, 2.05) is 42.1 Å². The molecule has 0 spiro atoms. The molecule has 2 amide bonds. The highest BCUT2D eigenvalue weighted by atomic mass is 16.4. The number of fused-ring (bicyclic) bond motifs is 1. The third-order valence-electron chi connectivity index (χ3n) is 4.56. The molecule has 6 heteroatoms. The molecular formula is C17H21N3O3. The lowest BCUT2D eigenvalue weighted by molar-refractivity contribution is -0.142. The molecule has 1 aliphatic carbocycles. The highest BCUT2D eigenvalue weighted by Crippen LogP contribution is 2.26. The molecule has 1 fully saturated rings. The van der Waals surface area contributed by atoms with Crippen molar-refractivity contribution in [2.24, 2.45) is 13.0 Å². The number of hydrogen-bond donors (Lipinski definition) is 3. The summed E-state index contributed by atoms with van der Waals surface area (Å²) in [5.74, 6) is -1.00. The van der Waals surface area contributed by atoms with Gasteiger partial charge in [-0.15, -0.1) is 0 Å². The first kappa shape index (κ1) is 15.4. The summed E-state index contributed by atoms with van der Waals surface area (Å²) >= 11 is 0. The predicted octanol–water partition coefficient (Wildman–Crippen LogP) is 2.94. The van der Waals surface area contributed by atoms with Gasteiger partial charge in [-0.2, -0.15) is 0 Å². The van der Waals surface area contributed by atoms with Crippen LogP contribution < -0.4 is 10.6 Å². The summed E-state index contributed by atoms with van der Waals surface area (Å²) in [5.41, 5.74) is 1.75. The Hall–Kier alpha value is -2.50. The van der Waals surface area contributed by atoms with Crippen LogP contribution in [-0.4, -0.2) is 27.7 Å². The maximum absolute atomic E-state index is 12.2. The summed E-state index contributed by atoms with van der Waals surface area (Å²) in [4.78, 5) is 23.2. The number of carbonyl (C=O) groups excluding carboxylic acids is 1. The van der Waals surface area contributed by atoms with Crippen LogP contribution in [0.25, 0.3) is 10.9 Å². The fourth-order valence-electron chi connectivity index (χ4n) is 3.29. The number of benzene rings is 1. The van der Waals surface area contributed by atoms with Gasteiger partial charge in [0.05, 0.1) is 17.1 Å². The minimum atomic E-state index is -0.733. The SMILES string of the molecule is Cn1ccc2cccc(NC(=O)NC3CCC(C(=O)O)CC3)c21. The van der Waals surface area contributed by atoms with E-state index in [1.54, 1.807) is 0 Å². The van der Waals surface area contributed by atoms with E-state index in [4.69, 9.17) is 5.11 Å². The summed E-state index contributed by atoms with van der Waals surface area (Å²) in [6.45, 7) is 0. The van der Waals surface area contributed by atoms with Crippen LogP contribution in [0.2, 0.25) is 0 Å². The quantitative estimate of drug-likeness (QED) is 0.814. The normalized spacial score (nSPS) is 21.1. The number of urea groups is 1. The average Bonchev–Trinajstić information content (AvgIpc) is 2.90. The molecule has 0 radical (unpaired) electrons. The van der Waals surface area contributed by atoms with Gasteiger partial charge < -0.3 is 20.3 Å². The number of aliphatic carboxylic acids is 1. The maximum atomic E-state index is 12.2. The Bertz CT molecular complexity index is 730. The van der Waals surface area contributed by atoms with Gasteiger partial charge in [-0.1, -0.05) is 12.1 Å². The first-order valence-electron chi connectivity index (χ1n) is 7.89. The molecule has 3 rings (SSSR count). The number of nitrogens with one attached hydrogen (secondary N) is 2. The number of aryl methyl sites for hydroxylation is 1. The van der Waals surface area contributed by atoms with E-state index >= 15 is 0 Å². The van der Waals surface area contributed by atoms with E-state index in [1.165, 1.54) is 0 Å². The lowest BCUT2D eigenvalue weighted by Gasteiger charge is -2.26. The van der Waals surface area contributed by atoms with Crippen molar-refractivity contribution in [1.29, 1.82) is 0 Å². The number of amides is 2. The smallest absolute Gasteiger partial charge is 0.319 e. The van der Waals surface area contributed by atoms with Crippen LogP contribution in [0.4, 0.5) is 10.5 Å². The van der Waals surface area contributed by atoms with Crippen molar-refractivity contribution in [2.45, 2.75) is 31.7 Å². The molecule has 1 aromatic heterocycles. The fourth-order valence-corrected chi connectivity index (χ4v) is 3.29. The number of rotatable bonds is 3. The molecule has 0 unspecified atom stereocenters. The Balaban J connectivity index is 1.61. The maximum Gasteiger partial charge on any atom is 0.319 e. The van der Waals surface area contributed by atoms with E-state index < -0.39 is 5.97 Å². The predicted molar refractivity (Wildman–Crippen MR) is 88.5 cm³/mol. The van der Waals surface area contributed by atoms with E-state index in [0.29, 0.717) is 25.7 Å². The molecule has 23 heavy (non-hydrogen) atoms. The summed E-state index contributed by atoms with van der Waals surface area (Å²) in [6, 6.07) is 7.60. The second-order valence-corrected chi connectivity index (χ2v) is 6.16. The number of carboxylic acids is 1. The Morgan fingerprint density at radius 1 is 1.17 bits per heavy atom. The Labute approximate surface area is 134 Å². The van der Waals surface area contributed by atoms with E-state index in [9.17, 15) is 9.59 Å². The molecule has 0 bridgehead atoms. The first-order valence-corrected chi connectivity index (χ1v) is 7.89. The van der Waals surface area contributed by atoms with E-state index in [2.05, 4.69) is 10.6 Å². The van der Waals surface area contributed by atoms with Gasteiger partial charge in [-0.25, -0.2) is 4.79 Å². The molecule has 1 heterocycles. The van der Waals surface area contributed by atoms with Crippen molar-refractivity contribution in [3.63, 3.8) is 0 Å². The number of hydrogen-bond acceptors (Lipinski definition) is 2. The zero-order chi connectivity index (χ0) is 16.4. The van der Waals surface area contributed by atoms with Gasteiger partial charge in [0.2, 0.25) is 0 Å². The van der Waals surface area contributed by atoms with Crippen molar-refractivity contribution in [2.75, 3.05) is 5.32 Å². The molecule has 3 N–H and O–H groups in total. The Morgan fingerprint density at radius 2 is 1.91 bits per heavy atom. The first-order chi connectivity index (χ1) is 11.0. The molecule has 0 atom stereocenters. The van der Waals surface area contributed by atoms with Gasteiger partial charge in [-0.05, 0) is 37.8 Å². The largest absolute Gasteiger partial charge is 0.481 e. The van der Waals surface area contributed by atoms with Crippen LogP contribution in [0.5, 0.6) is 0 Å². The number of carbonyl (C=O) groups is 2. The third-order valence-corrected chi connectivity index (χ3v) is 4.56. The lowest BCUT2D eigenvalue weighted by atomic mass is 9.86. The van der Waals surface area contributed by atoms with Crippen LogP contribution in [-0.2, 0) is 11.8 Å². The van der Waals surface area contributed by atoms with Crippen LogP contribution in [0.1, 0.15) is 25.7 Å². The molecule has 6 nitrogen and oxygen atoms in total. The second-order valence-electron chi connectivity index (χ2n) is 6.16. The van der Waals surface area contributed by atoms with Crippen LogP contribution in [0, 0.1) is 5.92 Å². The standard InChI is InChI=1S/C17H21N3O3/c1-20-10-9-11-3-2-4-14(15(11)20)19-17(23)18-13-7-5-12(6-8-13)16(21)22/h2-4,9-10,12-13H,5-8H2,1H3,(H,21,22)(H2,18,19,23). The van der Waals surface area contributed by atoms with Crippen LogP contribution >= 0.6 is 0 Å². The molecule has 0 aliphatic heterocycles. The number of nitrogens with zero attached hydrogens (tertiary/aromatic N) is 1. The van der Waals surface area contributed by atoms with Crippen molar-refractivity contribution in [3.05, 3.63) is 30.5 Å². The Kier molecular flexibility index (Phi) is 4.23. The number of anilines is 1. The highest BCUT2D eigenvalue weighted by Gasteiger charge is 2.26. The number of aromatic nitrogens is 1. The van der Waals surface area contributed by atoms with Gasteiger partial charge >= 0.3 is 12.0 Å². The third kappa shape index (κ3) is 3.31. The minimum Gasteiger partial charge on any atom is -0.481 e. The Morgan fingerprint density at radius 3 is 2.61 bits per heavy atom. The average molecular weight is 315 g/mol. The van der Waals surface area contributed by atoms with E-state index in [-0.39, 0.29) is 18.0 Å². The zero-order valence-corrected chi connectivity index (χ0v) is 13.1. The van der Waals surface area contributed by atoms with Crippen molar-refractivity contribution in [3.8, 4) is 0 Å². The van der Waals surface area contributed by atoms with Gasteiger partial charge in [0.15, 0.2) is 0 Å². The van der Waals surface area contributed by atoms with Crippen LogP contribution in [0.15, 0.2) is 30.5 Å². The number of carboxylic acid groups (broad SMARTS) is 1. The molecule has 1 saturated carbocycles. The monoisotopic (exact) mass is 315 g/mol. The molecule has 0 saturated heterocycles. The van der Waals surface area contributed by atoms with Crippen molar-refractivity contribution >= 4 is 28.6 Å². The molecule has 1 aromatic carbocycles. The summed E-state index contributed by atoms with van der Waals surface area (Å²) in [6.07, 6.45) is 4.61. The second kappa shape index (κ2) is 6.32. The molecule has 1 aliphatic rings. The van der Waals surface area contributed by atoms with Crippen LogP contribution in [0.3, 0.4) is 0 Å². The minimum absolute atomic E-state index is 0.0400. The number of para-hydroxylation sites is 1. The summed E-state index contributed by atoms with van der Waals surface area (Å²) < 4.78 is 1.98. The highest BCUT2D eigenvalue weighted by molar-refractivity contribution is 6.00. The van der Waals surface area contributed by atoms with Gasteiger partial charge in [0, 0.05) is 24.7 Å². The summed E-state index contributed by atoms with van der Waals surface area (Å²) in [7, 11) is 1.94. The zero-order valence-electron chi connectivity index (χ0n) is 13.1. The molecule has 2 aromatic rings. The van der Waals surface area contributed by atoms with Gasteiger partial charge in [0.1, 0.15) is 0 Å². The lowest BCUT2D eigenvalue weighted by Crippen LogP contribution is -2.41. The molecule has 122 valence electrons. The van der Waals surface area contributed by atoms with Gasteiger partial charge in [-0.3, -0.25) is 4.79 Å².